The van der Waals surface area contributed by atoms with Crippen LogP contribution in [0.1, 0.15) is 12.6 Å². The maximum Gasteiger partial charge on any atom is 0.236 e. The monoisotopic (exact) mass is 308 g/mol. The van der Waals surface area contributed by atoms with Gasteiger partial charge in [-0.2, -0.15) is 11.8 Å². The number of thiophene rings is 1. The molecule has 1 amide bonds. The highest BCUT2D eigenvalue weighted by atomic mass is 32.2. The van der Waals surface area contributed by atoms with Crippen molar-refractivity contribution in [2.24, 2.45) is 0 Å². The topological polar surface area (TPSA) is 46.3 Å². The van der Waals surface area contributed by atoms with E-state index in [1.807, 2.05) is 34.2 Å². The van der Waals surface area contributed by atoms with Crippen molar-refractivity contribution in [3.63, 3.8) is 0 Å². The fraction of sp³-hybridized carbons (Fsp3) is 0.429. The van der Waals surface area contributed by atoms with E-state index in [9.17, 15) is 4.79 Å². The summed E-state index contributed by atoms with van der Waals surface area (Å²) in [5, 5.41) is 2.50. The quantitative estimate of drug-likeness (QED) is 0.874. The number of nitrogens with zero attached hydrogens (tertiary/aromatic N) is 2. The second kappa shape index (κ2) is 6.01. The van der Waals surface area contributed by atoms with Crippen LogP contribution in [0.25, 0.3) is 10.8 Å². The lowest BCUT2D eigenvalue weighted by Crippen LogP contribution is -2.41. The normalized spacial score (nSPS) is 19.2. The van der Waals surface area contributed by atoms with Gasteiger partial charge in [0.05, 0.1) is 17.0 Å². The first-order valence-corrected chi connectivity index (χ1v) is 8.53. The lowest BCUT2D eigenvalue weighted by Gasteiger charge is -2.30. The lowest BCUT2D eigenvalue weighted by atomic mass is 10.2. The molecule has 2 aromatic rings. The van der Waals surface area contributed by atoms with Crippen LogP contribution in [0.2, 0.25) is 0 Å². The average molecular weight is 308 g/mol. The van der Waals surface area contributed by atoms with E-state index < -0.39 is 0 Å². The van der Waals surface area contributed by atoms with E-state index in [0.29, 0.717) is 23.3 Å². The van der Waals surface area contributed by atoms with Gasteiger partial charge in [-0.15, -0.1) is 11.3 Å². The number of amides is 1. The highest BCUT2D eigenvalue weighted by Gasteiger charge is 2.22. The Morgan fingerprint density at radius 3 is 3.25 bits per heavy atom. The third-order valence-corrected chi connectivity index (χ3v) is 5.20. The smallest absolute Gasteiger partial charge is 0.236 e. The molecule has 1 aliphatic rings. The third kappa shape index (κ3) is 3.07. The number of carbonyl (C=O) groups excluding carboxylic acids is 1. The SMILES string of the molecule is CC1CN(C(=O)Cc2coc(-c3cccs3)n2)CCS1. The standard InChI is InChI=1S/C14H16N2O2S2/c1-10-8-16(4-6-19-10)13(17)7-11-9-18-14(15-11)12-3-2-5-20-12/h2-3,5,9-10H,4,6-8H2,1H3. The van der Waals surface area contributed by atoms with E-state index >= 15 is 0 Å². The van der Waals surface area contributed by atoms with Gasteiger partial charge in [0.15, 0.2) is 0 Å². The van der Waals surface area contributed by atoms with Crippen LogP contribution >= 0.6 is 23.1 Å². The Hall–Kier alpha value is -1.27. The summed E-state index contributed by atoms with van der Waals surface area (Å²) in [5.74, 6) is 1.76. The maximum absolute atomic E-state index is 12.2. The molecular formula is C14H16N2O2S2. The summed E-state index contributed by atoms with van der Waals surface area (Å²) in [6, 6.07) is 3.92. The number of thioether (sulfide) groups is 1. The minimum Gasteiger partial charge on any atom is -0.444 e. The predicted octanol–water partition coefficient (Wildman–Crippen LogP) is 2.91. The van der Waals surface area contributed by atoms with Crippen molar-refractivity contribution in [1.82, 2.24) is 9.88 Å². The maximum atomic E-state index is 12.2. The van der Waals surface area contributed by atoms with Gasteiger partial charge in [-0.3, -0.25) is 4.79 Å². The summed E-state index contributed by atoms with van der Waals surface area (Å²) in [4.78, 5) is 19.6. The lowest BCUT2D eigenvalue weighted by molar-refractivity contribution is -0.130. The van der Waals surface area contributed by atoms with Gasteiger partial charge in [-0.1, -0.05) is 13.0 Å². The predicted molar refractivity (Wildman–Crippen MR) is 82.0 cm³/mol. The molecule has 0 aromatic carbocycles. The minimum absolute atomic E-state index is 0.142. The molecule has 4 nitrogen and oxygen atoms in total. The molecule has 6 heteroatoms. The van der Waals surface area contributed by atoms with E-state index in [1.165, 1.54) is 0 Å². The zero-order valence-corrected chi connectivity index (χ0v) is 12.9. The number of oxazole rings is 1. The summed E-state index contributed by atoms with van der Waals surface area (Å²) >= 11 is 3.50. The first-order chi connectivity index (χ1) is 9.72. The Labute approximate surface area is 126 Å². The molecule has 0 bridgehead atoms. The van der Waals surface area contributed by atoms with Gasteiger partial charge >= 0.3 is 0 Å². The van der Waals surface area contributed by atoms with Crippen molar-refractivity contribution in [2.45, 2.75) is 18.6 Å². The van der Waals surface area contributed by atoms with Crippen molar-refractivity contribution >= 4 is 29.0 Å². The fourth-order valence-electron chi connectivity index (χ4n) is 2.21. The Kier molecular flexibility index (Phi) is 4.12. The molecule has 20 heavy (non-hydrogen) atoms. The molecular weight excluding hydrogens is 292 g/mol. The highest BCUT2D eigenvalue weighted by molar-refractivity contribution is 7.99. The Bertz CT molecular complexity index is 580. The van der Waals surface area contributed by atoms with E-state index in [0.717, 1.165) is 23.7 Å². The minimum atomic E-state index is 0.142. The number of hydrogen-bond acceptors (Lipinski definition) is 5. The Morgan fingerprint density at radius 1 is 1.60 bits per heavy atom. The van der Waals surface area contributed by atoms with Gasteiger partial charge in [0.2, 0.25) is 11.8 Å². The van der Waals surface area contributed by atoms with Gasteiger partial charge in [0, 0.05) is 24.1 Å². The van der Waals surface area contributed by atoms with Crippen LogP contribution in [0.4, 0.5) is 0 Å². The molecule has 1 atom stereocenters. The largest absolute Gasteiger partial charge is 0.444 e. The van der Waals surface area contributed by atoms with Crippen molar-refractivity contribution in [3.8, 4) is 10.8 Å². The fourth-order valence-corrected chi connectivity index (χ4v) is 3.88. The molecule has 0 radical (unpaired) electrons. The molecule has 1 saturated heterocycles. The van der Waals surface area contributed by atoms with Crippen LogP contribution in [0.15, 0.2) is 28.2 Å². The summed E-state index contributed by atoms with van der Waals surface area (Å²) in [6.45, 7) is 3.83. The second-order valence-corrected chi connectivity index (χ2v) is 7.31. The molecule has 0 spiro atoms. The second-order valence-electron chi connectivity index (χ2n) is 4.82. The van der Waals surface area contributed by atoms with Crippen LogP contribution in [0, 0.1) is 0 Å². The van der Waals surface area contributed by atoms with Crippen LogP contribution in [0.5, 0.6) is 0 Å². The van der Waals surface area contributed by atoms with Crippen LogP contribution in [-0.4, -0.2) is 39.9 Å². The molecule has 1 fully saturated rings. The van der Waals surface area contributed by atoms with E-state index in [4.69, 9.17) is 4.42 Å². The first kappa shape index (κ1) is 13.7. The summed E-state index contributed by atoms with van der Waals surface area (Å²) in [7, 11) is 0. The van der Waals surface area contributed by atoms with Gasteiger partial charge in [0.1, 0.15) is 6.26 Å². The average Bonchev–Trinajstić information content (AvgIpc) is 3.08. The highest BCUT2D eigenvalue weighted by Crippen LogP contribution is 2.24. The molecule has 2 aromatic heterocycles. The summed E-state index contributed by atoms with van der Waals surface area (Å²) < 4.78 is 5.44. The Morgan fingerprint density at radius 2 is 2.50 bits per heavy atom. The van der Waals surface area contributed by atoms with Crippen molar-refractivity contribution in [1.29, 1.82) is 0 Å². The molecule has 1 unspecified atom stereocenters. The zero-order chi connectivity index (χ0) is 13.9. The molecule has 0 N–H and O–H groups in total. The van der Waals surface area contributed by atoms with Crippen LogP contribution in [0.3, 0.4) is 0 Å². The summed E-state index contributed by atoms with van der Waals surface area (Å²) in [5.41, 5.74) is 0.712. The molecule has 3 heterocycles. The molecule has 0 aliphatic carbocycles. The molecule has 3 rings (SSSR count). The zero-order valence-electron chi connectivity index (χ0n) is 11.2. The first-order valence-electron chi connectivity index (χ1n) is 6.60. The van der Waals surface area contributed by atoms with Crippen molar-refractivity contribution < 1.29 is 9.21 Å². The number of rotatable bonds is 3. The number of hydrogen-bond donors (Lipinski definition) is 0. The van der Waals surface area contributed by atoms with Gasteiger partial charge < -0.3 is 9.32 Å². The van der Waals surface area contributed by atoms with E-state index in [-0.39, 0.29) is 5.91 Å². The van der Waals surface area contributed by atoms with Crippen molar-refractivity contribution in [2.75, 3.05) is 18.8 Å². The Balaban J connectivity index is 1.64. The molecule has 106 valence electrons. The molecule has 1 aliphatic heterocycles. The van der Waals surface area contributed by atoms with Crippen molar-refractivity contribution in [3.05, 3.63) is 29.5 Å². The number of carbonyl (C=O) groups is 1. The van der Waals surface area contributed by atoms with E-state index in [1.54, 1.807) is 17.6 Å². The summed E-state index contributed by atoms with van der Waals surface area (Å²) in [6.07, 6.45) is 1.92. The van der Waals surface area contributed by atoms with Gasteiger partial charge in [0.25, 0.3) is 0 Å². The third-order valence-electron chi connectivity index (χ3n) is 3.21. The number of aromatic nitrogens is 1. The van der Waals surface area contributed by atoms with Gasteiger partial charge in [-0.25, -0.2) is 4.98 Å². The molecule has 0 saturated carbocycles. The van der Waals surface area contributed by atoms with E-state index in [2.05, 4.69) is 11.9 Å². The van der Waals surface area contributed by atoms with Crippen LogP contribution < -0.4 is 0 Å². The van der Waals surface area contributed by atoms with Gasteiger partial charge in [-0.05, 0) is 11.4 Å². The van der Waals surface area contributed by atoms with Crippen LogP contribution in [-0.2, 0) is 11.2 Å².